The van der Waals surface area contributed by atoms with Crippen LogP contribution in [0.2, 0.25) is 0 Å². The summed E-state index contributed by atoms with van der Waals surface area (Å²) in [4.78, 5) is 0. The second kappa shape index (κ2) is 23.2. The Morgan fingerprint density at radius 2 is 0.359 bits per heavy atom. The molecule has 0 nitrogen and oxygen atoms in total. The molecular weight excluding hydrogens is 1110 g/mol. The Labute approximate surface area is 535 Å². The Balaban J connectivity index is 0.000000141. The number of hydrogen-bond donors (Lipinski definition) is 0. The normalized spacial score (nSPS) is 11.5. The van der Waals surface area contributed by atoms with Gasteiger partial charge in [0.1, 0.15) is 0 Å². The third-order valence-electron chi connectivity index (χ3n) is 18.9. The Kier molecular flexibility index (Phi) is 13.7. The minimum Gasteiger partial charge on any atom is -0.0616 e. The number of fused-ring (bicyclic) bond motifs is 10. The highest BCUT2D eigenvalue weighted by Crippen LogP contribution is 2.43. The lowest BCUT2D eigenvalue weighted by Crippen LogP contribution is -1.90. The monoisotopic (exact) mass is 1160 g/mol. The Hall–Kier alpha value is -12.0. The first kappa shape index (κ1) is 54.2. The van der Waals surface area contributed by atoms with Crippen LogP contribution in [-0.2, 0) is 0 Å². The minimum atomic E-state index is 1.22. The summed E-state index contributed by atoms with van der Waals surface area (Å²) >= 11 is 0. The summed E-state index contributed by atoms with van der Waals surface area (Å²) in [6.45, 7) is 0. The highest BCUT2D eigenvalue weighted by atomic mass is 14.2. The summed E-state index contributed by atoms with van der Waals surface area (Å²) in [7, 11) is 0. The number of rotatable bonds is 8. The van der Waals surface area contributed by atoms with Gasteiger partial charge in [-0.25, -0.2) is 0 Å². The summed E-state index contributed by atoms with van der Waals surface area (Å²) in [6, 6.07) is 133. The molecule has 0 N–H and O–H groups in total. The highest BCUT2D eigenvalue weighted by molar-refractivity contribution is 6.15. The Morgan fingerprint density at radius 1 is 0.0978 bits per heavy atom. The molecule has 0 heteroatoms. The molecule has 92 heavy (non-hydrogen) atoms. The van der Waals surface area contributed by atoms with Gasteiger partial charge in [-0.2, -0.15) is 0 Å². The first-order valence-corrected chi connectivity index (χ1v) is 31.9. The van der Waals surface area contributed by atoms with Gasteiger partial charge in [-0.3, -0.25) is 0 Å². The SMILES string of the molecule is c1ccc(-c2ccc(-c3ccc(-c4cc5ccccc5c5ccccc45)cc3)c3ccccc23)c(-c2ccc3ccccc3c2)c1.c1ccc(-c2ccc3cc(-c4ccc(-c5cc6ccccc6c6ccccc56)cc4)ccc3c2)c(-c2ccc3ccccc3c2)c1. The molecule has 0 aliphatic carbocycles. The quantitative estimate of drug-likeness (QED) is 0.133. The van der Waals surface area contributed by atoms with Crippen LogP contribution in [0.15, 0.2) is 364 Å². The van der Waals surface area contributed by atoms with E-state index in [4.69, 9.17) is 0 Å². The molecule has 0 fully saturated rings. The minimum absolute atomic E-state index is 1.22. The number of benzene rings is 18. The van der Waals surface area contributed by atoms with Crippen molar-refractivity contribution in [2.24, 2.45) is 0 Å². The largest absolute Gasteiger partial charge is 0.0616 e. The molecule has 0 aromatic heterocycles. The lowest BCUT2D eigenvalue weighted by atomic mass is 9.88. The smallest absolute Gasteiger partial charge is 0.00987 e. The first-order valence-electron chi connectivity index (χ1n) is 31.9. The molecule has 0 radical (unpaired) electrons. The molecule has 0 bridgehead atoms. The van der Waals surface area contributed by atoms with Gasteiger partial charge in [0.05, 0.1) is 0 Å². The van der Waals surface area contributed by atoms with Gasteiger partial charge < -0.3 is 0 Å². The predicted molar refractivity (Wildman–Crippen MR) is 396 cm³/mol. The van der Waals surface area contributed by atoms with E-state index in [-0.39, 0.29) is 0 Å². The molecule has 0 saturated heterocycles. The van der Waals surface area contributed by atoms with Crippen molar-refractivity contribution >= 4 is 86.2 Å². The van der Waals surface area contributed by atoms with Crippen molar-refractivity contribution in [2.75, 3.05) is 0 Å². The van der Waals surface area contributed by atoms with Gasteiger partial charge in [-0.05, 0) is 212 Å². The van der Waals surface area contributed by atoms with Crippen LogP contribution in [0.3, 0.4) is 0 Å². The third kappa shape index (κ3) is 9.92. The lowest BCUT2D eigenvalue weighted by molar-refractivity contribution is 1.60. The van der Waals surface area contributed by atoms with Crippen LogP contribution in [0.1, 0.15) is 0 Å². The molecular formula is C92H60. The van der Waals surface area contributed by atoms with Gasteiger partial charge >= 0.3 is 0 Å². The van der Waals surface area contributed by atoms with Crippen LogP contribution in [0.4, 0.5) is 0 Å². The summed E-state index contributed by atoms with van der Waals surface area (Å²) in [5.41, 5.74) is 19.9. The van der Waals surface area contributed by atoms with Crippen LogP contribution < -0.4 is 0 Å². The van der Waals surface area contributed by atoms with E-state index >= 15 is 0 Å². The average molecular weight is 1170 g/mol. The van der Waals surface area contributed by atoms with Crippen molar-refractivity contribution in [1.29, 1.82) is 0 Å². The summed E-state index contributed by atoms with van der Waals surface area (Å²) < 4.78 is 0. The maximum Gasteiger partial charge on any atom is -0.00987 e. The fraction of sp³-hybridized carbons (Fsp3) is 0. The van der Waals surface area contributed by atoms with Crippen LogP contribution >= 0.6 is 0 Å². The summed E-state index contributed by atoms with van der Waals surface area (Å²) in [6.07, 6.45) is 0. The van der Waals surface area contributed by atoms with Gasteiger partial charge in [0.2, 0.25) is 0 Å². The molecule has 0 unspecified atom stereocenters. The zero-order valence-corrected chi connectivity index (χ0v) is 50.6. The first-order chi connectivity index (χ1) is 45.6. The second-order valence-corrected chi connectivity index (χ2v) is 24.2. The van der Waals surface area contributed by atoms with Crippen molar-refractivity contribution < 1.29 is 0 Å². The summed E-state index contributed by atoms with van der Waals surface area (Å²) in [5.74, 6) is 0. The molecule has 18 aromatic carbocycles. The van der Waals surface area contributed by atoms with Crippen LogP contribution in [0.5, 0.6) is 0 Å². The van der Waals surface area contributed by atoms with Crippen LogP contribution in [-0.4, -0.2) is 0 Å². The fourth-order valence-electron chi connectivity index (χ4n) is 14.3. The standard InChI is InChI=1S/2C46H30/c1-2-12-34-29-36(26-21-31(34)11-1)38-15-5-6-17-41(38)45-28-27-39(42-18-7-9-19-43(42)45)32-22-24-33(25-23-32)46-30-35-13-3-4-14-37(35)40-16-8-10-20-44(40)46;1-2-10-34-28-39(25-19-31(34)9-1)41-12-5-6-13-42(41)40-26-24-36-27-35(22-23-37(36)29-40)32-17-20-33(21-18-32)46-30-38-11-3-4-14-43(38)44-15-7-8-16-45(44)46/h2*1-30H. The molecule has 428 valence electrons. The molecule has 0 aliphatic rings. The van der Waals surface area contributed by atoms with Crippen molar-refractivity contribution in [3.8, 4) is 89.0 Å². The second-order valence-electron chi connectivity index (χ2n) is 24.2. The highest BCUT2D eigenvalue weighted by Gasteiger charge is 2.17. The predicted octanol–water partition coefficient (Wildman–Crippen LogP) is 25.9. The van der Waals surface area contributed by atoms with Gasteiger partial charge in [0.25, 0.3) is 0 Å². The van der Waals surface area contributed by atoms with E-state index in [1.807, 2.05) is 0 Å². The van der Waals surface area contributed by atoms with E-state index in [1.165, 1.54) is 175 Å². The van der Waals surface area contributed by atoms with Crippen LogP contribution in [0, 0.1) is 0 Å². The van der Waals surface area contributed by atoms with E-state index in [1.54, 1.807) is 0 Å². The summed E-state index contributed by atoms with van der Waals surface area (Å²) in [5, 5.41) is 20.4. The zero-order valence-electron chi connectivity index (χ0n) is 50.6. The van der Waals surface area contributed by atoms with Crippen molar-refractivity contribution in [3.05, 3.63) is 364 Å². The van der Waals surface area contributed by atoms with E-state index in [2.05, 4.69) is 364 Å². The Bertz CT molecular complexity index is 5870. The molecule has 0 amide bonds. The maximum absolute atomic E-state index is 2.34. The average Bonchev–Trinajstić information content (AvgIpc) is 0.856. The van der Waals surface area contributed by atoms with Crippen molar-refractivity contribution in [1.82, 2.24) is 0 Å². The number of hydrogen-bond acceptors (Lipinski definition) is 0. The molecule has 18 aromatic rings. The van der Waals surface area contributed by atoms with Crippen LogP contribution in [0.25, 0.3) is 175 Å². The Morgan fingerprint density at radius 3 is 0.815 bits per heavy atom. The topological polar surface area (TPSA) is 0 Å². The van der Waals surface area contributed by atoms with E-state index < -0.39 is 0 Å². The molecule has 18 rings (SSSR count). The van der Waals surface area contributed by atoms with E-state index in [0.717, 1.165) is 0 Å². The van der Waals surface area contributed by atoms with Gasteiger partial charge in [-0.15, -0.1) is 0 Å². The fourth-order valence-corrected chi connectivity index (χ4v) is 14.3. The van der Waals surface area contributed by atoms with Gasteiger partial charge in [-0.1, -0.05) is 328 Å². The van der Waals surface area contributed by atoms with Crippen molar-refractivity contribution in [3.63, 3.8) is 0 Å². The lowest BCUT2D eigenvalue weighted by Gasteiger charge is -2.16. The van der Waals surface area contributed by atoms with E-state index in [0.29, 0.717) is 0 Å². The molecule has 0 aliphatic heterocycles. The van der Waals surface area contributed by atoms with Gasteiger partial charge in [0.15, 0.2) is 0 Å². The molecule has 0 heterocycles. The molecule has 0 saturated carbocycles. The van der Waals surface area contributed by atoms with Gasteiger partial charge in [0, 0.05) is 0 Å². The molecule has 0 atom stereocenters. The van der Waals surface area contributed by atoms with Crippen molar-refractivity contribution in [2.45, 2.75) is 0 Å². The zero-order chi connectivity index (χ0) is 60.9. The maximum atomic E-state index is 2.34. The van der Waals surface area contributed by atoms with E-state index in [9.17, 15) is 0 Å². The third-order valence-corrected chi connectivity index (χ3v) is 18.9. The molecule has 0 spiro atoms.